The summed E-state index contributed by atoms with van der Waals surface area (Å²) >= 11 is 0. The minimum Gasteiger partial charge on any atom is -0.381 e. The number of ether oxygens (including phenoxy) is 1. The molecule has 1 atom stereocenters. The Hall–Kier alpha value is -1.62. The number of hydrogen-bond acceptors (Lipinski definition) is 4. The molecule has 3 rings (SSSR count). The molecule has 1 aliphatic rings. The van der Waals surface area contributed by atoms with E-state index in [9.17, 15) is 0 Å². The average molecular weight is 246 g/mol. The summed E-state index contributed by atoms with van der Waals surface area (Å²) in [5, 5.41) is 4.45. The zero-order valence-electron chi connectivity index (χ0n) is 10.4. The molecule has 0 spiro atoms. The molecule has 0 bridgehead atoms. The second kappa shape index (κ2) is 5.35. The quantitative estimate of drug-likeness (QED) is 0.868. The summed E-state index contributed by atoms with van der Waals surface area (Å²) in [5.74, 6) is 1.60. The fourth-order valence-corrected chi connectivity index (χ4v) is 2.44. The van der Waals surface area contributed by atoms with Crippen molar-refractivity contribution in [3.63, 3.8) is 0 Å². The summed E-state index contributed by atoms with van der Waals surface area (Å²) in [7, 11) is 0. The molecule has 0 saturated carbocycles. The van der Waals surface area contributed by atoms with Crippen LogP contribution in [0.1, 0.15) is 19.3 Å². The van der Waals surface area contributed by atoms with E-state index in [0.29, 0.717) is 5.92 Å². The van der Waals surface area contributed by atoms with Crippen LogP contribution in [0.4, 0.5) is 5.82 Å². The lowest BCUT2D eigenvalue weighted by molar-refractivity contribution is 0.0530. The lowest BCUT2D eigenvalue weighted by atomic mass is 9.99. The van der Waals surface area contributed by atoms with Gasteiger partial charge in [0, 0.05) is 26.0 Å². The van der Waals surface area contributed by atoms with Gasteiger partial charge in [0.25, 0.3) is 0 Å². The van der Waals surface area contributed by atoms with Gasteiger partial charge < -0.3 is 15.0 Å². The molecular weight excluding hydrogens is 228 g/mol. The Kier molecular flexibility index (Phi) is 3.41. The standard InChI is InChI=1S/C13H18N4O/c1-2-10(8-18-7-1)3-5-14-12-11-4-6-15-13(11)17-9-16-12/h4,6,9-10H,1-3,5,7-8H2,(H2,14,15,16,17). The third-order valence-corrected chi connectivity index (χ3v) is 3.45. The number of fused-ring (bicyclic) bond motifs is 1. The molecule has 1 fully saturated rings. The zero-order valence-corrected chi connectivity index (χ0v) is 10.4. The Morgan fingerprint density at radius 1 is 1.44 bits per heavy atom. The van der Waals surface area contributed by atoms with Crippen molar-refractivity contribution in [2.24, 2.45) is 5.92 Å². The SMILES string of the molecule is c1nc(NCCC2CCCOC2)c2cc[nH]c2n1. The maximum atomic E-state index is 5.48. The minimum atomic E-state index is 0.690. The summed E-state index contributed by atoms with van der Waals surface area (Å²) in [4.78, 5) is 11.6. The second-order valence-electron chi connectivity index (χ2n) is 4.76. The van der Waals surface area contributed by atoms with Crippen LogP contribution in [0.25, 0.3) is 11.0 Å². The molecule has 3 heterocycles. The van der Waals surface area contributed by atoms with Gasteiger partial charge in [-0.1, -0.05) is 0 Å². The van der Waals surface area contributed by atoms with Crippen molar-refractivity contribution < 1.29 is 4.74 Å². The van der Waals surface area contributed by atoms with Crippen LogP contribution >= 0.6 is 0 Å². The van der Waals surface area contributed by atoms with Crippen molar-refractivity contribution >= 4 is 16.9 Å². The number of aromatic amines is 1. The van der Waals surface area contributed by atoms with Gasteiger partial charge >= 0.3 is 0 Å². The highest BCUT2D eigenvalue weighted by Crippen LogP contribution is 2.20. The molecule has 1 unspecified atom stereocenters. The van der Waals surface area contributed by atoms with Gasteiger partial charge in [-0.05, 0) is 31.2 Å². The number of aromatic nitrogens is 3. The Labute approximate surface area is 106 Å². The van der Waals surface area contributed by atoms with E-state index in [4.69, 9.17) is 4.74 Å². The van der Waals surface area contributed by atoms with E-state index < -0.39 is 0 Å². The summed E-state index contributed by atoms with van der Waals surface area (Å²) in [6, 6.07) is 2.00. The van der Waals surface area contributed by atoms with Crippen LogP contribution in [0.2, 0.25) is 0 Å². The van der Waals surface area contributed by atoms with Gasteiger partial charge in [0.1, 0.15) is 17.8 Å². The normalized spacial score (nSPS) is 20.1. The first-order chi connectivity index (χ1) is 8.93. The van der Waals surface area contributed by atoms with E-state index >= 15 is 0 Å². The fraction of sp³-hybridized carbons (Fsp3) is 0.538. The maximum absolute atomic E-state index is 5.48. The van der Waals surface area contributed by atoms with Gasteiger partial charge in [-0.2, -0.15) is 0 Å². The van der Waals surface area contributed by atoms with Crippen LogP contribution in [-0.2, 0) is 4.74 Å². The van der Waals surface area contributed by atoms with Crippen LogP contribution in [0.15, 0.2) is 18.6 Å². The Morgan fingerprint density at radius 2 is 2.44 bits per heavy atom. The number of rotatable bonds is 4. The van der Waals surface area contributed by atoms with Crippen molar-refractivity contribution in [3.05, 3.63) is 18.6 Å². The van der Waals surface area contributed by atoms with Gasteiger partial charge in [0.2, 0.25) is 0 Å². The molecular formula is C13H18N4O. The van der Waals surface area contributed by atoms with Crippen LogP contribution in [0.3, 0.4) is 0 Å². The number of nitrogens with one attached hydrogen (secondary N) is 2. The molecule has 0 aromatic carbocycles. The molecule has 5 heteroatoms. The predicted octanol–water partition coefficient (Wildman–Crippen LogP) is 2.19. The highest BCUT2D eigenvalue weighted by atomic mass is 16.5. The van der Waals surface area contributed by atoms with Gasteiger partial charge in [0.15, 0.2) is 0 Å². The smallest absolute Gasteiger partial charge is 0.142 e. The van der Waals surface area contributed by atoms with Crippen LogP contribution in [0.5, 0.6) is 0 Å². The predicted molar refractivity (Wildman–Crippen MR) is 70.5 cm³/mol. The van der Waals surface area contributed by atoms with Crippen molar-refractivity contribution in [2.45, 2.75) is 19.3 Å². The number of anilines is 1. The second-order valence-corrected chi connectivity index (χ2v) is 4.76. The van der Waals surface area contributed by atoms with Crippen molar-refractivity contribution in [3.8, 4) is 0 Å². The topological polar surface area (TPSA) is 62.8 Å². The van der Waals surface area contributed by atoms with Gasteiger partial charge in [-0.15, -0.1) is 0 Å². The van der Waals surface area contributed by atoms with Crippen molar-refractivity contribution in [1.82, 2.24) is 15.0 Å². The summed E-state index contributed by atoms with van der Waals surface area (Å²) in [6.07, 6.45) is 7.09. The first-order valence-electron chi connectivity index (χ1n) is 6.53. The molecule has 0 amide bonds. The summed E-state index contributed by atoms with van der Waals surface area (Å²) in [6.45, 7) is 2.77. The van der Waals surface area contributed by atoms with Crippen LogP contribution in [-0.4, -0.2) is 34.7 Å². The van der Waals surface area contributed by atoms with E-state index in [-0.39, 0.29) is 0 Å². The molecule has 0 aliphatic carbocycles. The molecule has 18 heavy (non-hydrogen) atoms. The number of hydrogen-bond donors (Lipinski definition) is 2. The molecule has 0 radical (unpaired) electrons. The minimum absolute atomic E-state index is 0.690. The van der Waals surface area contributed by atoms with Crippen LogP contribution in [0, 0.1) is 5.92 Å². The molecule has 1 aliphatic heterocycles. The zero-order chi connectivity index (χ0) is 12.2. The molecule has 2 N–H and O–H groups in total. The third kappa shape index (κ3) is 2.46. The van der Waals surface area contributed by atoms with E-state index in [1.807, 2.05) is 12.3 Å². The Morgan fingerprint density at radius 3 is 3.33 bits per heavy atom. The van der Waals surface area contributed by atoms with Gasteiger partial charge in [0.05, 0.1) is 5.39 Å². The molecule has 2 aromatic heterocycles. The average Bonchev–Trinajstić information content (AvgIpc) is 2.89. The highest BCUT2D eigenvalue weighted by molar-refractivity contribution is 5.86. The largest absolute Gasteiger partial charge is 0.381 e. The lowest BCUT2D eigenvalue weighted by Gasteiger charge is -2.22. The van der Waals surface area contributed by atoms with Crippen LogP contribution < -0.4 is 5.32 Å². The van der Waals surface area contributed by atoms with E-state index in [0.717, 1.165) is 43.0 Å². The highest BCUT2D eigenvalue weighted by Gasteiger charge is 2.13. The fourth-order valence-electron chi connectivity index (χ4n) is 2.44. The lowest BCUT2D eigenvalue weighted by Crippen LogP contribution is -2.20. The van der Waals surface area contributed by atoms with E-state index in [1.54, 1.807) is 6.33 Å². The van der Waals surface area contributed by atoms with Gasteiger partial charge in [-0.3, -0.25) is 0 Å². The van der Waals surface area contributed by atoms with Crippen molar-refractivity contribution in [2.75, 3.05) is 25.1 Å². The van der Waals surface area contributed by atoms with E-state index in [1.165, 1.54) is 12.8 Å². The molecule has 96 valence electrons. The van der Waals surface area contributed by atoms with Crippen molar-refractivity contribution in [1.29, 1.82) is 0 Å². The molecule has 1 saturated heterocycles. The molecule has 5 nitrogen and oxygen atoms in total. The molecule has 2 aromatic rings. The first-order valence-corrected chi connectivity index (χ1v) is 6.53. The monoisotopic (exact) mass is 246 g/mol. The first kappa shape index (κ1) is 11.5. The summed E-state index contributed by atoms with van der Waals surface area (Å²) < 4.78 is 5.48. The Balaban J connectivity index is 1.57. The number of nitrogens with zero attached hydrogens (tertiary/aromatic N) is 2. The Bertz CT molecular complexity index is 504. The summed E-state index contributed by atoms with van der Waals surface area (Å²) in [5.41, 5.74) is 0.883. The number of H-pyrrole nitrogens is 1. The van der Waals surface area contributed by atoms with E-state index in [2.05, 4.69) is 20.3 Å². The van der Waals surface area contributed by atoms with Gasteiger partial charge in [-0.25, -0.2) is 9.97 Å². The maximum Gasteiger partial charge on any atom is 0.142 e. The third-order valence-electron chi connectivity index (χ3n) is 3.45.